The molecule has 0 aromatic heterocycles. The highest BCUT2D eigenvalue weighted by atomic mass is 35.5. The molecule has 0 nitrogen and oxygen atoms in total. The van der Waals surface area contributed by atoms with E-state index in [9.17, 15) is 0 Å². The van der Waals surface area contributed by atoms with Gasteiger partial charge in [0.25, 0.3) is 0 Å². The largest absolute Gasteiger partial charge is 0.111 e. The average Bonchev–Trinajstić information content (AvgIpc) is 1.88. The summed E-state index contributed by atoms with van der Waals surface area (Å²) in [7, 11) is 0. The van der Waals surface area contributed by atoms with E-state index >= 15 is 0 Å². The monoisotopic (exact) mass is 170 g/mol. The van der Waals surface area contributed by atoms with Gasteiger partial charge in [-0.25, -0.2) is 0 Å². The third-order valence-electron chi connectivity index (χ3n) is 1.28. The summed E-state index contributed by atoms with van der Waals surface area (Å²) in [4.78, 5) is 0. The first-order valence-electron chi connectivity index (χ1n) is 2.96. The Kier molecular flexibility index (Phi) is 2.41. The Hall–Kier alpha value is -0.400. The van der Waals surface area contributed by atoms with Crippen molar-refractivity contribution >= 4 is 28.1 Å². The second-order valence-electron chi connectivity index (χ2n) is 2.14. The lowest BCUT2D eigenvalue weighted by Crippen LogP contribution is -1.85. The van der Waals surface area contributed by atoms with E-state index in [0.717, 1.165) is 5.56 Å². The first-order valence-corrected chi connectivity index (χ1v) is 3.75. The van der Waals surface area contributed by atoms with Crippen LogP contribution in [-0.4, -0.2) is 4.32 Å². The van der Waals surface area contributed by atoms with Crippen LogP contribution in [0.15, 0.2) is 24.3 Å². The number of benzene rings is 1. The lowest BCUT2D eigenvalue weighted by molar-refractivity contribution is 1.47. The van der Waals surface area contributed by atoms with Gasteiger partial charge in [-0.3, -0.25) is 0 Å². The van der Waals surface area contributed by atoms with Crippen LogP contribution in [0.1, 0.15) is 11.1 Å². The molecule has 0 N–H and O–H groups in total. The summed E-state index contributed by atoms with van der Waals surface area (Å²) in [6, 6.07) is 7.82. The van der Waals surface area contributed by atoms with Crippen LogP contribution in [0.25, 0.3) is 0 Å². The second kappa shape index (κ2) is 3.13. The average molecular weight is 171 g/mol. The lowest BCUT2D eigenvalue weighted by atomic mass is 10.2. The summed E-state index contributed by atoms with van der Waals surface area (Å²) in [6.45, 7) is 2.03. The second-order valence-corrected chi connectivity index (χ2v) is 3.15. The molecule has 0 aliphatic carbocycles. The van der Waals surface area contributed by atoms with E-state index in [1.807, 2.05) is 31.2 Å². The van der Waals surface area contributed by atoms with E-state index in [4.69, 9.17) is 23.8 Å². The van der Waals surface area contributed by atoms with Gasteiger partial charge in [0.05, 0.1) is 0 Å². The van der Waals surface area contributed by atoms with Crippen LogP contribution in [0, 0.1) is 6.92 Å². The Labute approximate surface area is 70.8 Å². The molecular formula is C8H7ClS. The Bertz CT molecular complexity index is 238. The van der Waals surface area contributed by atoms with Crippen LogP contribution in [0.2, 0.25) is 0 Å². The quantitative estimate of drug-likeness (QED) is 0.462. The maximum atomic E-state index is 5.59. The first kappa shape index (κ1) is 7.70. The summed E-state index contributed by atoms with van der Waals surface area (Å²) in [6.07, 6.45) is 0. The van der Waals surface area contributed by atoms with Crippen molar-refractivity contribution in [1.82, 2.24) is 0 Å². The van der Waals surface area contributed by atoms with E-state index < -0.39 is 0 Å². The molecule has 0 unspecified atom stereocenters. The van der Waals surface area contributed by atoms with E-state index in [-0.39, 0.29) is 0 Å². The van der Waals surface area contributed by atoms with Crippen molar-refractivity contribution in [1.29, 1.82) is 0 Å². The zero-order valence-electron chi connectivity index (χ0n) is 5.60. The molecule has 2 heteroatoms. The summed E-state index contributed by atoms with van der Waals surface area (Å²) >= 11 is 10.4. The molecule has 1 aromatic carbocycles. The SMILES string of the molecule is Cc1ccc(C(=S)Cl)cc1. The van der Waals surface area contributed by atoms with Crippen molar-refractivity contribution in [2.75, 3.05) is 0 Å². The minimum absolute atomic E-state index is 0.431. The fourth-order valence-electron chi connectivity index (χ4n) is 0.685. The zero-order valence-corrected chi connectivity index (χ0v) is 7.17. The van der Waals surface area contributed by atoms with Crippen molar-refractivity contribution in [2.24, 2.45) is 0 Å². The normalized spacial score (nSPS) is 9.40. The number of hydrogen-bond donors (Lipinski definition) is 0. The van der Waals surface area contributed by atoms with Gasteiger partial charge in [-0.1, -0.05) is 53.6 Å². The van der Waals surface area contributed by atoms with E-state index in [0.29, 0.717) is 4.32 Å². The van der Waals surface area contributed by atoms with Crippen molar-refractivity contribution in [3.63, 3.8) is 0 Å². The molecule has 0 heterocycles. The molecule has 0 saturated carbocycles. The van der Waals surface area contributed by atoms with Crippen LogP contribution >= 0.6 is 23.8 Å². The van der Waals surface area contributed by atoms with Gasteiger partial charge in [0.15, 0.2) is 0 Å². The van der Waals surface area contributed by atoms with Gasteiger partial charge in [0, 0.05) is 5.56 Å². The third-order valence-corrected chi connectivity index (χ3v) is 1.73. The van der Waals surface area contributed by atoms with Gasteiger partial charge >= 0.3 is 0 Å². The number of halogens is 1. The number of aryl methyl sites for hydroxylation is 1. The highest BCUT2D eigenvalue weighted by molar-refractivity contribution is 7.83. The van der Waals surface area contributed by atoms with Crippen LogP contribution < -0.4 is 0 Å². The van der Waals surface area contributed by atoms with E-state index in [1.165, 1.54) is 5.56 Å². The van der Waals surface area contributed by atoms with Gasteiger partial charge in [0.1, 0.15) is 4.32 Å². The molecule has 0 atom stereocenters. The molecule has 0 amide bonds. The highest BCUT2D eigenvalue weighted by Crippen LogP contribution is 2.06. The number of rotatable bonds is 1. The molecule has 0 spiro atoms. The van der Waals surface area contributed by atoms with Crippen molar-refractivity contribution in [3.05, 3.63) is 35.4 Å². The maximum Gasteiger partial charge on any atom is 0.111 e. The van der Waals surface area contributed by atoms with Gasteiger partial charge < -0.3 is 0 Å². The summed E-state index contributed by atoms with van der Waals surface area (Å²) < 4.78 is 0.431. The fraction of sp³-hybridized carbons (Fsp3) is 0.125. The molecule has 0 radical (unpaired) electrons. The Morgan fingerprint density at radius 3 is 2.20 bits per heavy atom. The molecular weight excluding hydrogens is 164 g/mol. The van der Waals surface area contributed by atoms with Crippen LogP contribution in [0.3, 0.4) is 0 Å². The highest BCUT2D eigenvalue weighted by Gasteiger charge is 1.93. The van der Waals surface area contributed by atoms with Crippen molar-refractivity contribution < 1.29 is 0 Å². The Balaban J connectivity index is 3.00. The predicted molar refractivity (Wildman–Crippen MR) is 48.7 cm³/mol. The fourth-order valence-corrected chi connectivity index (χ4v) is 0.947. The Morgan fingerprint density at radius 1 is 1.30 bits per heavy atom. The Morgan fingerprint density at radius 2 is 1.80 bits per heavy atom. The topological polar surface area (TPSA) is 0 Å². The van der Waals surface area contributed by atoms with Crippen LogP contribution in [0.5, 0.6) is 0 Å². The van der Waals surface area contributed by atoms with E-state index in [2.05, 4.69) is 0 Å². The van der Waals surface area contributed by atoms with Gasteiger partial charge in [-0.05, 0) is 6.92 Å². The van der Waals surface area contributed by atoms with Crippen LogP contribution in [-0.2, 0) is 0 Å². The van der Waals surface area contributed by atoms with Crippen molar-refractivity contribution in [2.45, 2.75) is 6.92 Å². The van der Waals surface area contributed by atoms with Gasteiger partial charge in [-0.15, -0.1) is 0 Å². The lowest BCUT2D eigenvalue weighted by Gasteiger charge is -1.94. The molecule has 1 rings (SSSR count). The van der Waals surface area contributed by atoms with E-state index in [1.54, 1.807) is 0 Å². The van der Waals surface area contributed by atoms with Crippen LogP contribution in [0.4, 0.5) is 0 Å². The number of hydrogen-bond acceptors (Lipinski definition) is 1. The summed E-state index contributed by atoms with van der Waals surface area (Å²) in [5.41, 5.74) is 2.14. The standard InChI is InChI=1S/C8H7ClS/c1-6-2-4-7(5-3-6)8(9)10/h2-5H,1H3. The molecule has 0 fully saturated rings. The van der Waals surface area contributed by atoms with Crippen molar-refractivity contribution in [3.8, 4) is 0 Å². The predicted octanol–water partition coefficient (Wildman–Crippen LogP) is 2.91. The molecule has 0 aliphatic rings. The molecule has 0 aliphatic heterocycles. The first-order chi connectivity index (χ1) is 4.70. The molecule has 0 saturated heterocycles. The summed E-state index contributed by atoms with van der Waals surface area (Å²) in [5.74, 6) is 0. The molecule has 52 valence electrons. The van der Waals surface area contributed by atoms with Gasteiger partial charge in [-0.2, -0.15) is 0 Å². The molecule has 0 bridgehead atoms. The molecule has 1 aromatic rings. The molecule has 10 heavy (non-hydrogen) atoms. The maximum absolute atomic E-state index is 5.59. The zero-order chi connectivity index (χ0) is 7.56. The minimum Gasteiger partial charge on any atom is -0.0709 e. The summed E-state index contributed by atoms with van der Waals surface area (Å²) in [5, 5.41) is 0. The van der Waals surface area contributed by atoms with Gasteiger partial charge in [0.2, 0.25) is 0 Å². The minimum atomic E-state index is 0.431. The smallest absolute Gasteiger partial charge is 0.0709 e. The number of thiocarbonyl (C=S) groups is 1. The third kappa shape index (κ3) is 1.79.